The number of hydrogen-bond donors (Lipinski definition) is 1. The maximum absolute atomic E-state index is 12.4. The van der Waals surface area contributed by atoms with Crippen LogP contribution in [0.25, 0.3) is 10.9 Å². The van der Waals surface area contributed by atoms with Gasteiger partial charge in [-0.05, 0) is 58.2 Å². The summed E-state index contributed by atoms with van der Waals surface area (Å²) in [6, 6.07) is 10.2. The first kappa shape index (κ1) is 22.2. The highest BCUT2D eigenvalue weighted by atomic mass is 16.6. The van der Waals surface area contributed by atoms with E-state index >= 15 is 0 Å². The maximum atomic E-state index is 12.4. The van der Waals surface area contributed by atoms with E-state index in [1.165, 1.54) is 0 Å². The molecule has 1 aliphatic heterocycles. The summed E-state index contributed by atoms with van der Waals surface area (Å²) in [6.07, 6.45) is 0.658. The number of fused-ring (bicyclic) bond motifs is 1. The number of nitrogens with zero attached hydrogens (tertiary/aromatic N) is 3. The van der Waals surface area contributed by atoms with Crippen molar-refractivity contribution >= 4 is 22.9 Å². The topological polar surface area (TPSA) is 66.8 Å². The molecule has 0 aliphatic carbocycles. The van der Waals surface area contributed by atoms with Crippen LogP contribution in [0.15, 0.2) is 30.3 Å². The Morgan fingerprint density at radius 3 is 2.50 bits per heavy atom. The average Bonchev–Trinajstić information content (AvgIpc) is 3.00. The number of aromatic nitrogens is 1. The summed E-state index contributed by atoms with van der Waals surface area (Å²) in [5, 5.41) is 4.19. The number of nitrogens with one attached hydrogen (secondary N) is 1. The smallest absolute Gasteiger partial charge is 0.410 e. The van der Waals surface area contributed by atoms with Crippen molar-refractivity contribution in [3.05, 3.63) is 36.0 Å². The lowest BCUT2D eigenvalue weighted by Crippen LogP contribution is -2.50. The largest absolute Gasteiger partial charge is 0.444 e. The lowest BCUT2D eigenvalue weighted by Gasteiger charge is -2.35. The van der Waals surface area contributed by atoms with E-state index in [4.69, 9.17) is 4.74 Å². The molecule has 0 bridgehead atoms. The molecular weight excluding hydrogens is 380 g/mol. The van der Waals surface area contributed by atoms with Crippen LogP contribution in [0, 0.1) is 6.92 Å². The minimum absolute atomic E-state index is 0.0363. The summed E-state index contributed by atoms with van der Waals surface area (Å²) in [5.74, 6) is 0.0363. The standard InChI is InChI=1S/C23H34N4O3/c1-18-16-19-8-5-6-9-20(19)27(18)17-21(28)24-10-7-11-25-12-14-26(15-13-25)22(29)30-23(2,3)4/h5-6,8-9,16H,7,10-15,17H2,1-4H3,(H,24,28). The molecule has 2 heterocycles. The van der Waals surface area contributed by atoms with Crippen LogP contribution in [0.1, 0.15) is 32.9 Å². The van der Waals surface area contributed by atoms with E-state index in [0.29, 0.717) is 26.2 Å². The summed E-state index contributed by atoms with van der Waals surface area (Å²) in [6.45, 7) is 12.6. The van der Waals surface area contributed by atoms with E-state index in [1.54, 1.807) is 4.90 Å². The van der Waals surface area contributed by atoms with Crippen molar-refractivity contribution in [1.82, 2.24) is 19.7 Å². The van der Waals surface area contributed by atoms with Gasteiger partial charge in [-0.2, -0.15) is 0 Å². The van der Waals surface area contributed by atoms with Crippen molar-refractivity contribution in [2.24, 2.45) is 0 Å². The second-order valence-corrected chi connectivity index (χ2v) is 8.94. The van der Waals surface area contributed by atoms with Gasteiger partial charge >= 0.3 is 6.09 Å². The molecule has 0 radical (unpaired) electrons. The number of amides is 2. The van der Waals surface area contributed by atoms with Gasteiger partial charge in [0.25, 0.3) is 0 Å². The number of piperazine rings is 1. The molecule has 1 N–H and O–H groups in total. The van der Waals surface area contributed by atoms with Gasteiger partial charge < -0.3 is 19.5 Å². The third-order valence-electron chi connectivity index (χ3n) is 5.32. The second-order valence-electron chi connectivity index (χ2n) is 8.94. The van der Waals surface area contributed by atoms with Crippen LogP contribution in [0.4, 0.5) is 4.79 Å². The molecule has 1 aliphatic rings. The number of ether oxygens (including phenoxy) is 1. The fraction of sp³-hybridized carbons (Fsp3) is 0.565. The number of carbonyl (C=O) groups excluding carboxylic acids is 2. The van der Waals surface area contributed by atoms with Crippen LogP contribution in [0.2, 0.25) is 0 Å². The maximum Gasteiger partial charge on any atom is 0.410 e. The molecule has 30 heavy (non-hydrogen) atoms. The van der Waals surface area contributed by atoms with Gasteiger partial charge in [-0.25, -0.2) is 4.79 Å². The van der Waals surface area contributed by atoms with Gasteiger partial charge in [0.1, 0.15) is 12.1 Å². The van der Waals surface area contributed by atoms with Crippen molar-refractivity contribution in [1.29, 1.82) is 0 Å². The molecule has 7 heteroatoms. The Morgan fingerprint density at radius 1 is 1.10 bits per heavy atom. The summed E-state index contributed by atoms with van der Waals surface area (Å²) < 4.78 is 7.49. The van der Waals surface area contributed by atoms with Crippen molar-refractivity contribution in [2.45, 2.75) is 46.3 Å². The third-order valence-corrected chi connectivity index (χ3v) is 5.32. The Kier molecular flexibility index (Phi) is 7.02. The molecule has 0 atom stereocenters. The number of rotatable bonds is 6. The van der Waals surface area contributed by atoms with Crippen LogP contribution in [-0.4, -0.2) is 71.2 Å². The fourth-order valence-corrected chi connectivity index (χ4v) is 3.77. The highest BCUT2D eigenvalue weighted by Gasteiger charge is 2.25. The average molecular weight is 415 g/mol. The summed E-state index contributed by atoms with van der Waals surface area (Å²) >= 11 is 0. The number of aryl methyl sites for hydroxylation is 1. The first-order valence-electron chi connectivity index (χ1n) is 10.7. The third kappa shape index (κ3) is 5.98. The molecule has 7 nitrogen and oxygen atoms in total. The fourth-order valence-electron chi connectivity index (χ4n) is 3.77. The highest BCUT2D eigenvalue weighted by Crippen LogP contribution is 2.18. The highest BCUT2D eigenvalue weighted by molar-refractivity contribution is 5.84. The molecule has 1 saturated heterocycles. The van der Waals surface area contributed by atoms with Gasteiger partial charge in [-0.3, -0.25) is 9.69 Å². The molecule has 164 valence electrons. The van der Waals surface area contributed by atoms with Crippen LogP contribution in [0.3, 0.4) is 0 Å². The van der Waals surface area contributed by atoms with Gasteiger partial charge in [0.05, 0.1) is 0 Å². The van der Waals surface area contributed by atoms with Crippen LogP contribution in [-0.2, 0) is 16.1 Å². The van der Waals surface area contributed by atoms with E-state index in [9.17, 15) is 9.59 Å². The predicted octanol–water partition coefficient (Wildman–Crippen LogP) is 3.01. The quantitative estimate of drug-likeness (QED) is 0.738. The van der Waals surface area contributed by atoms with Crippen LogP contribution < -0.4 is 5.32 Å². The minimum Gasteiger partial charge on any atom is -0.444 e. The Bertz CT molecular complexity index is 876. The first-order valence-corrected chi connectivity index (χ1v) is 10.7. The Balaban J connectivity index is 1.35. The van der Waals surface area contributed by atoms with Gasteiger partial charge in [0.2, 0.25) is 5.91 Å². The van der Waals surface area contributed by atoms with Crippen molar-refractivity contribution in [3.63, 3.8) is 0 Å². The van der Waals surface area contributed by atoms with E-state index in [1.807, 2.05) is 45.9 Å². The molecule has 2 amide bonds. The second kappa shape index (κ2) is 9.51. The summed E-state index contributed by atoms with van der Waals surface area (Å²) in [5.41, 5.74) is 1.72. The molecule has 1 aromatic heterocycles. The van der Waals surface area contributed by atoms with E-state index in [2.05, 4.69) is 26.9 Å². The summed E-state index contributed by atoms with van der Waals surface area (Å²) in [7, 11) is 0. The van der Waals surface area contributed by atoms with Crippen LogP contribution in [0.5, 0.6) is 0 Å². The Labute approximate surface area is 179 Å². The van der Waals surface area contributed by atoms with E-state index in [0.717, 1.165) is 42.7 Å². The zero-order valence-corrected chi connectivity index (χ0v) is 18.6. The summed E-state index contributed by atoms with van der Waals surface area (Å²) in [4.78, 5) is 28.6. The molecule has 1 fully saturated rings. The zero-order valence-electron chi connectivity index (χ0n) is 18.6. The predicted molar refractivity (Wildman–Crippen MR) is 119 cm³/mol. The molecular formula is C23H34N4O3. The normalized spacial score (nSPS) is 15.4. The molecule has 0 unspecified atom stereocenters. The molecule has 0 spiro atoms. The number of benzene rings is 1. The van der Waals surface area contributed by atoms with Gasteiger partial charge in [0.15, 0.2) is 0 Å². The monoisotopic (exact) mass is 414 g/mol. The van der Waals surface area contributed by atoms with Crippen molar-refractivity contribution in [2.75, 3.05) is 39.3 Å². The first-order chi connectivity index (χ1) is 14.2. The Morgan fingerprint density at radius 2 is 1.80 bits per heavy atom. The van der Waals surface area contributed by atoms with Crippen molar-refractivity contribution in [3.8, 4) is 0 Å². The lowest BCUT2D eigenvalue weighted by atomic mass is 10.2. The number of carbonyl (C=O) groups is 2. The molecule has 2 aromatic rings. The van der Waals surface area contributed by atoms with Gasteiger partial charge in [-0.15, -0.1) is 0 Å². The number of para-hydroxylation sites is 1. The van der Waals surface area contributed by atoms with Gasteiger partial charge in [-0.1, -0.05) is 18.2 Å². The zero-order chi connectivity index (χ0) is 21.7. The van der Waals surface area contributed by atoms with E-state index in [-0.39, 0.29) is 12.0 Å². The van der Waals surface area contributed by atoms with Crippen LogP contribution >= 0.6 is 0 Å². The van der Waals surface area contributed by atoms with Gasteiger partial charge in [0, 0.05) is 43.9 Å². The molecule has 1 aromatic carbocycles. The SMILES string of the molecule is Cc1cc2ccccc2n1CC(=O)NCCCN1CCN(C(=O)OC(C)(C)C)CC1. The molecule has 3 rings (SSSR count). The minimum atomic E-state index is -0.460. The van der Waals surface area contributed by atoms with E-state index < -0.39 is 5.60 Å². The number of hydrogen-bond acceptors (Lipinski definition) is 4. The lowest BCUT2D eigenvalue weighted by molar-refractivity contribution is -0.121. The van der Waals surface area contributed by atoms with Crippen molar-refractivity contribution < 1.29 is 14.3 Å². The molecule has 0 saturated carbocycles. The Hall–Kier alpha value is -2.54.